The lowest BCUT2D eigenvalue weighted by molar-refractivity contribution is -0.142. The van der Waals surface area contributed by atoms with E-state index in [0.29, 0.717) is 19.1 Å². The SMILES string of the molecule is CCCN(C(=O)N(C)CC1CC1)C1COCC1C(=O)O. The Kier molecular flexibility index (Phi) is 4.86. The summed E-state index contributed by atoms with van der Waals surface area (Å²) in [5.41, 5.74) is 0. The average molecular weight is 284 g/mol. The summed E-state index contributed by atoms with van der Waals surface area (Å²) in [5.74, 6) is -0.867. The van der Waals surface area contributed by atoms with Crippen molar-refractivity contribution in [2.24, 2.45) is 11.8 Å². The first-order valence-corrected chi connectivity index (χ1v) is 7.36. The van der Waals surface area contributed by atoms with Crippen LogP contribution in [0.4, 0.5) is 4.79 Å². The van der Waals surface area contributed by atoms with Gasteiger partial charge in [0.1, 0.15) is 5.92 Å². The van der Waals surface area contributed by atoms with Crippen LogP contribution in [0.3, 0.4) is 0 Å². The molecule has 2 unspecified atom stereocenters. The second kappa shape index (κ2) is 6.43. The van der Waals surface area contributed by atoms with Crippen molar-refractivity contribution in [2.45, 2.75) is 32.2 Å². The van der Waals surface area contributed by atoms with Crippen LogP contribution in [0.2, 0.25) is 0 Å². The maximum Gasteiger partial charge on any atom is 0.320 e. The van der Waals surface area contributed by atoms with E-state index in [1.54, 1.807) is 16.8 Å². The first kappa shape index (κ1) is 15.1. The molecule has 20 heavy (non-hydrogen) atoms. The van der Waals surface area contributed by atoms with Crippen molar-refractivity contribution >= 4 is 12.0 Å². The van der Waals surface area contributed by atoms with E-state index in [2.05, 4.69) is 0 Å². The molecule has 0 bridgehead atoms. The molecular weight excluding hydrogens is 260 g/mol. The minimum absolute atomic E-state index is 0.0690. The van der Waals surface area contributed by atoms with Crippen molar-refractivity contribution in [3.63, 3.8) is 0 Å². The first-order valence-electron chi connectivity index (χ1n) is 7.36. The lowest BCUT2D eigenvalue weighted by atomic mass is 10.0. The lowest BCUT2D eigenvalue weighted by Gasteiger charge is -2.33. The van der Waals surface area contributed by atoms with Crippen molar-refractivity contribution in [3.05, 3.63) is 0 Å². The van der Waals surface area contributed by atoms with Crippen molar-refractivity contribution in [3.8, 4) is 0 Å². The molecule has 114 valence electrons. The number of ether oxygens (including phenoxy) is 1. The van der Waals surface area contributed by atoms with Crippen molar-refractivity contribution < 1.29 is 19.4 Å². The maximum absolute atomic E-state index is 12.6. The van der Waals surface area contributed by atoms with Crippen molar-refractivity contribution in [1.29, 1.82) is 0 Å². The molecule has 2 fully saturated rings. The third-order valence-corrected chi connectivity index (χ3v) is 4.03. The zero-order chi connectivity index (χ0) is 14.7. The molecular formula is C14H24N2O4. The predicted molar refractivity (Wildman–Crippen MR) is 73.5 cm³/mol. The number of carboxylic acids is 1. The van der Waals surface area contributed by atoms with Crippen LogP contribution >= 0.6 is 0 Å². The fourth-order valence-electron chi connectivity index (χ4n) is 2.72. The number of hydrogen-bond acceptors (Lipinski definition) is 3. The fourth-order valence-corrected chi connectivity index (χ4v) is 2.72. The van der Waals surface area contributed by atoms with E-state index in [4.69, 9.17) is 4.74 Å². The van der Waals surface area contributed by atoms with Gasteiger partial charge in [0.25, 0.3) is 0 Å². The Balaban J connectivity index is 2.04. The molecule has 1 heterocycles. The number of carbonyl (C=O) groups is 2. The van der Waals surface area contributed by atoms with E-state index in [9.17, 15) is 14.7 Å². The number of amides is 2. The topological polar surface area (TPSA) is 70.1 Å². The Morgan fingerprint density at radius 1 is 1.30 bits per heavy atom. The van der Waals surface area contributed by atoms with Gasteiger partial charge in [0.05, 0.1) is 19.3 Å². The van der Waals surface area contributed by atoms with Gasteiger partial charge in [-0.2, -0.15) is 0 Å². The summed E-state index contributed by atoms with van der Waals surface area (Å²) in [5, 5.41) is 9.25. The fraction of sp³-hybridized carbons (Fsp3) is 0.857. The van der Waals surface area contributed by atoms with Gasteiger partial charge in [0.2, 0.25) is 0 Å². The monoisotopic (exact) mass is 284 g/mol. The largest absolute Gasteiger partial charge is 0.481 e. The molecule has 0 aromatic carbocycles. The number of nitrogens with zero attached hydrogens (tertiary/aromatic N) is 2. The third kappa shape index (κ3) is 3.42. The number of rotatable bonds is 6. The van der Waals surface area contributed by atoms with Gasteiger partial charge in [-0.1, -0.05) is 6.92 Å². The Labute approximate surface area is 119 Å². The van der Waals surface area contributed by atoms with Crippen molar-refractivity contribution in [1.82, 2.24) is 9.80 Å². The lowest BCUT2D eigenvalue weighted by Crippen LogP contribution is -2.51. The molecule has 2 rings (SSSR count). The molecule has 2 aliphatic rings. The van der Waals surface area contributed by atoms with Crippen LogP contribution in [0.25, 0.3) is 0 Å². The molecule has 1 saturated carbocycles. The van der Waals surface area contributed by atoms with Crippen LogP contribution in [0.15, 0.2) is 0 Å². The quantitative estimate of drug-likeness (QED) is 0.797. The standard InChI is InChI=1S/C14H24N2O4/c1-3-6-16(12-9-20-8-11(12)13(17)18)14(19)15(2)7-10-4-5-10/h10-12H,3-9H2,1-2H3,(H,17,18). The average Bonchev–Trinajstić information content (AvgIpc) is 3.08. The normalized spacial score (nSPS) is 25.5. The zero-order valence-electron chi connectivity index (χ0n) is 12.2. The van der Waals surface area contributed by atoms with Crippen molar-refractivity contribution in [2.75, 3.05) is 33.4 Å². The van der Waals surface area contributed by atoms with E-state index in [1.165, 1.54) is 12.8 Å². The van der Waals surface area contributed by atoms with E-state index >= 15 is 0 Å². The molecule has 6 heteroatoms. The summed E-state index contributed by atoms with van der Waals surface area (Å²) in [6.07, 6.45) is 3.19. The number of urea groups is 1. The zero-order valence-corrected chi connectivity index (χ0v) is 12.2. The smallest absolute Gasteiger partial charge is 0.320 e. The predicted octanol–water partition coefficient (Wildman–Crippen LogP) is 1.26. The Morgan fingerprint density at radius 3 is 2.55 bits per heavy atom. The highest BCUT2D eigenvalue weighted by atomic mass is 16.5. The summed E-state index contributed by atoms with van der Waals surface area (Å²) in [6.45, 7) is 3.85. The van der Waals surface area contributed by atoms with E-state index in [0.717, 1.165) is 13.0 Å². The summed E-state index contributed by atoms with van der Waals surface area (Å²) in [7, 11) is 1.80. The van der Waals surface area contributed by atoms with Crippen LogP contribution in [0, 0.1) is 11.8 Å². The number of carboxylic acid groups (broad SMARTS) is 1. The van der Waals surface area contributed by atoms with Crippen LogP contribution in [-0.2, 0) is 9.53 Å². The van der Waals surface area contributed by atoms with Crippen LogP contribution in [0.1, 0.15) is 26.2 Å². The summed E-state index contributed by atoms with van der Waals surface area (Å²) in [4.78, 5) is 27.2. The summed E-state index contributed by atoms with van der Waals surface area (Å²) < 4.78 is 5.29. The molecule has 1 aliphatic heterocycles. The second-order valence-electron chi connectivity index (χ2n) is 5.85. The maximum atomic E-state index is 12.6. The molecule has 0 aromatic heterocycles. The molecule has 6 nitrogen and oxygen atoms in total. The second-order valence-corrected chi connectivity index (χ2v) is 5.85. The van der Waals surface area contributed by atoms with Crippen LogP contribution in [0.5, 0.6) is 0 Å². The van der Waals surface area contributed by atoms with Gasteiger partial charge in [-0.3, -0.25) is 4.79 Å². The van der Waals surface area contributed by atoms with Gasteiger partial charge in [0.15, 0.2) is 0 Å². The van der Waals surface area contributed by atoms with Gasteiger partial charge < -0.3 is 19.6 Å². The Bertz CT molecular complexity index is 370. The first-order chi connectivity index (χ1) is 9.54. The number of carbonyl (C=O) groups excluding carboxylic acids is 1. The molecule has 2 atom stereocenters. The minimum atomic E-state index is -0.883. The summed E-state index contributed by atoms with van der Waals surface area (Å²) >= 11 is 0. The van der Waals surface area contributed by atoms with E-state index in [-0.39, 0.29) is 18.7 Å². The molecule has 0 radical (unpaired) electrons. The molecule has 1 saturated heterocycles. The van der Waals surface area contributed by atoms with Crippen LogP contribution in [-0.4, -0.2) is 66.3 Å². The minimum Gasteiger partial charge on any atom is -0.481 e. The van der Waals surface area contributed by atoms with E-state index in [1.807, 2.05) is 6.92 Å². The molecule has 0 spiro atoms. The van der Waals surface area contributed by atoms with Gasteiger partial charge in [-0.05, 0) is 25.2 Å². The van der Waals surface area contributed by atoms with Gasteiger partial charge in [-0.25, -0.2) is 4.79 Å². The Morgan fingerprint density at radius 2 is 2.00 bits per heavy atom. The third-order valence-electron chi connectivity index (χ3n) is 4.03. The van der Waals surface area contributed by atoms with Gasteiger partial charge in [0, 0.05) is 20.1 Å². The molecule has 0 aromatic rings. The summed E-state index contributed by atoms with van der Waals surface area (Å²) in [6, 6.07) is -0.415. The number of aliphatic carboxylic acids is 1. The van der Waals surface area contributed by atoms with Gasteiger partial charge >= 0.3 is 12.0 Å². The molecule has 1 N–H and O–H groups in total. The highest BCUT2D eigenvalue weighted by Crippen LogP contribution is 2.30. The Hall–Kier alpha value is -1.30. The molecule has 1 aliphatic carbocycles. The van der Waals surface area contributed by atoms with Crippen LogP contribution < -0.4 is 0 Å². The van der Waals surface area contributed by atoms with E-state index < -0.39 is 11.9 Å². The van der Waals surface area contributed by atoms with Gasteiger partial charge in [-0.15, -0.1) is 0 Å². The molecule has 2 amide bonds. The highest BCUT2D eigenvalue weighted by molar-refractivity contribution is 5.77. The number of hydrogen-bond donors (Lipinski definition) is 1. The highest BCUT2D eigenvalue weighted by Gasteiger charge is 2.40.